The Balaban J connectivity index is 3.53. The average molecular weight is 346 g/mol. The third-order valence-electron chi connectivity index (χ3n) is 2.87. The van der Waals surface area contributed by atoms with E-state index in [-0.39, 0.29) is 18.8 Å². The molecule has 23 heavy (non-hydrogen) atoms. The monoisotopic (exact) mass is 346 g/mol. The first kappa shape index (κ1) is 18.8. The Morgan fingerprint density at radius 3 is 1.87 bits per heavy atom. The normalized spacial score (nSPS) is 11.2. The first-order valence-electron chi connectivity index (χ1n) is 6.95. The topological polar surface area (TPSA) is 144 Å². The molecule has 0 saturated heterocycles. The summed E-state index contributed by atoms with van der Waals surface area (Å²) in [6.45, 7) is 3.94. The Hall–Kier alpha value is -2.27. The molecule has 0 fully saturated rings. The molecule has 0 aliphatic rings. The van der Waals surface area contributed by atoms with Crippen LogP contribution in [0.4, 0.5) is 17.1 Å². The molecule has 2 N–H and O–H groups in total. The summed E-state index contributed by atoms with van der Waals surface area (Å²) in [4.78, 5) is 20.2. The molecule has 0 unspecified atom stereocenters. The van der Waals surface area contributed by atoms with Gasteiger partial charge in [-0.2, -0.15) is 0 Å². The van der Waals surface area contributed by atoms with Crippen LogP contribution in [0.5, 0.6) is 0 Å². The van der Waals surface area contributed by atoms with Gasteiger partial charge in [-0.25, -0.2) is 13.1 Å². The molecule has 128 valence electrons. The lowest BCUT2D eigenvalue weighted by atomic mass is 10.2. The van der Waals surface area contributed by atoms with Crippen molar-refractivity contribution in [1.29, 1.82) is 0 Å². The maximum atomic E-state index is 12.1. The fraction of sp³-hybridized carbons (Fsp3) is 0.500. The van der Waals surface area contributed by atoms with Crippen molar-refractivity contribution in [3.05, 3.63) is 32.4 Å². The second-order valence-corrected chi connectivity index (χ2v) is 6.44. The van der Waals surface area contributed by atoms with Crippen molar-refractivity contribution in [2.75, 3.05) is 18.4 Å². The second-order valence-electron chi connectivity index (χ2n) is 4.68. The van der Waals surface area contributed by atoms with Crippen LogP contribution in [0.25, 0.3) is 0 Å². The van der Waals surface area contributed by atoms with Crippen molar-refractivity contribution in [2.24, 2.45) is 0 Å². The van der Waals surface area contributed by atoms with E-state index in [1.54, 1.807) is 13.8 Å². The molecule has 0 aliphatic carbocycles. The molecule has 1 aromatic rings. The van der Waals surface area contributed by atoms with Gasteiger partial charge in [0.25, 0.3) is 0 Å². The van der Waals surface area contributed by atoms with Crippen LogP contribution < -0.4 is 10.0 Å². The maximum absolute atomic E-state index is 12.1. The molecule has 0 heterocycles. The van der Waals surface area contributed by atoms with E-state index in [1.165, 1.54) is 0 Å². The molecule has 0 amide bonds. The summed E-state index contributed by atoms with van der Waals surface area (Å²) in [5.74, 6) is 0. The summed E-state index contributed by atoms with van der Waals surface area (Å²) >= 11 is 0. The van der Waals surface area contributed by atoms with Gasteiger partial charge in [0.2, 0.25) is 10.0 Å². The van der Waals surface area contributed by atoms with Crippen LogP contribution in [0, 0.1) is 20.2 Å². The van der Waals surface area contributed by atoms with E-state index in [4.69, 9.17) is 0 Å². The van der Waals surface area contributed by atoms with Gasteiger partial charge in [-0.05, 0) is 12.8 Å². The van der Waals surface area contributed by atoms with Crippen molar-refractivity contribution in [3.63, 3.8) is 0 Å². The molecule has 1 rings (SSSR count). The summed E-state index contributed by atoms with van der Waals surface area (Å²) in [5.41, 5.74) is -1.59. The number of nitro groups is 2. The zero-order valence-electron chi connectivity index (χ0n) is 12.7. The van der Waals surface area contributed by atoms with Gasteiger partial charge in [0, 0.05) is 25.2 Å². The fourth-order valence-corrected chi connectivity index (χ4v) is 2.95. The lowest BCUT2D eigenvalue weighted by Crippen LogP contribution is -2.24. The van der Waals surface area contributed by atoms with Crippen LogP contribution in [0.3, 0.4) is 0 Å². The molecule has 0 aromatic heterocycles. The number of sulfonamides is 1. The molecular formula is C12H18N4O6S. The van der Waals surface area contributed by atoms with E-state index < -0.39 is 36.1 Å². The van der Waals surface area contributed by atoms with Crippen LogP contribution in [-0.2, 0) is 10.0 Å². The van der Waals surface area contributed by atoms with Gasteiger partial charge in [0.05, 0.1) is 14.7 Å². The smallest absolute Gasteiger partial charge is 0.300 e. The average Bonchev–Trinajstić information content (AvgIpc) is 2.49. The van der Waals surface area contributed by atoms with Gasteiger partial charge >= 0.3 is 11.4 Å². The molecule has 0 saturated carbocycles. The molecule has 11 heteroatoms. The number of hydrogen-bond acceptors (Lipinski definition) is 7. The van der Waals surface area contributed by atoms with Crippen LogP contribution in [0.1, 0.15) is 26.7 Å². The highest BCUT2D eigenvalue weighted by Crippen LogP contribution is 2.37. The third-order valence-corrected chi connectivity index (χ3v) is 4.31. The first-order chi connectivity index (χ1) is 10.7. The Labute approximate surface area is 133 Å². The van der Waals surface area contributed by atoms with Crippen LogP contribution >= 0.6 is 0 Å². The minimum atomic E-state index is -4.06. The summed E-state index contributed by atoms with van der Waals surface area (Å²) in [6, 6.07) is 1.64. The highest BCUT2D eigenvalue weighted by Gasteiger charge is 2.30. The van der Waals surface area contributed by atoms with E-state index in [1.807, 2.05) is 0 Å². The van der Waals surface area contributed by atoms with Crippen molar-refractivity contribution in [1.82, 2.24) is 4.72 Å². The number of hydrogen-bond donors (Lipinski definition) is 2. The Bertz CT molecular complexity index is 668. The molecule has 1 aromatic carbocycles. The first-order valence-corrected chi connectivity index (χ1v) is 8.43. The van der Waals surface area contributed by atoms with Crippen LogP contribution in [0.2, 0.25) is 0 Å². The molecule has 0 radical (unpaired) electrons. The predicted octanol–water partition coefficient (Wildman–Crippen LogP) is 2.01. The lowest BCUT2D eigenvalue weighted by Gasteiger charge is -2.10. The number of nitro benzene ring substituents is 2. The van der Waals surface area contributed by atoms with Gasteiger partial charge in [0.15, 0.2) is 5.69 Å². The van der Waals surface area contributed by atoms with Crippen molar-refractivity contribution >= 4 is 27.1 Å². The summed E-state index contributed by atoms with van der Waals surface area (Å²) in [5, 5.41) is 25.0. The van der Waals surface area contributed by atoms with Gasteiger partial charge in [0.1, 0.15) is 0 Å². The highest BCUT2D eigenvalue weighted by molar-refractivity contribution is 7.89. The quantitative estimate of drug-likeness (QED) is 0.514. The number of nitrogens with one attached hydrogen (secondary N) is 2. The predicted molar refractivity (Wildman–Crippen MR) is 84.0 cm³/mol. The zero-order chi connectivity index (χ0) is 17.6. The zero-order valence-corrected chi connectivity index (χ0v) is 13.6. The second kappa shape index (κ2) is 7.83. The minimum absolute atomic E-state index is 0.125. The van der Waals surface area contributed by atoms with E-state index in [2.05, 4.69) is 10.0 Å². The fourth-order valence-electron chi connectivity index (χ4n) is 1.78. The molecule has 0 atom stereocenters. The summed E-state index contributed by atoms with van der Waals surface area (Å²) in [6.07, 6.45) is 1.10. The van der Waals surface area contributed by atoms with Gasteiger partial charge < -0.3 is 5.32 Å². The van der Waals surface area contributed by atoms with E-state index in [0.717, 1.165) is 12.1 Å². The summed E-state index contributed by atoms with van der Waals surface area (Å²) < 4.78 is 26.4. The van der Waals surface area contributed by atoms with Crippen LogP contribution in [0.15, 0.2) is 17.0 Å². The number of anilines is 1. The molecule has 0 aliphatic heterocycles. The van der Waals surface area contributed by atoms with Crippen LogP contribution in [-0.4, -0.2) is 31.4 Å². The highest BCUT2D eigenvalue weighted by atomic mass is 32.2. The third kappa shape index (κ3) is 4.60. The van der Waals surface area contributed by atoms with Gasteiger partial charge in [-0.1, -0.05) is 13.8 Å². The SMILES string of the molecule is CCCNc1c([N+](=O)[O-])cc(S(=O)(=O)NCCC)cc1[N+](=O)[O-]. The molecule has 0 bridgehead atoms. The molecule has 10 nitrogen and oxygen atoms in total. The lowest BCUT2D eigenvalue weighted by molar-refractivity contribution is -0.392. The van der Waals surface area contributed by atoms with E-state index >= 15 is 0 Å². The van der Waals surface area contributed by atoms with Crippen molar-refractivity contribution in [2.45, 2.75) is 31.6 Å². The maximum Gasteiger partial charge on any atom is 0.300 e. The number of rotatable bonds is 9. The van der Waals surface area contributed by atoms with E-state index in [9.17, 15) is 28.6 Å². The molecule has 0 spiro atoms. The standard InChI is InChI=1S/C12H18N4O6S/c1-3-5-13-12-10(15(17)18)7-9(8-11(12)16(19)20)23(21,22)14-6-4-2/h7-8,13-14H,3-6H2,1-2H3. The number of benzene rings is 1. The van der Waals surface area contributed by atoms with E-state index in [0.29, 0.717) is 12.8 Å². The minimum Gasteiger partial charge on any atom is -0.374 e. The number of nitrogens with zero attached hydrogens (tertiary/aromatic N) is 2. The Morgan fingerprint density at radius 2 is 1.48 bits per heavy atom. The van der Waals surface area contributed by atoms with Gasteiger partial charge in [-0.15, -0.1) is 0 Å². The summed E-state index contributed by atoms with van der Waals surface area (Å²) in [7, 11) is -4.06. The van der Waals surface area contributed by atoms with Crippen molar-refractivity contribution in [3.8, 4) is 0 Å². The Morgan fingerprint density at radius 1 is 1.00 bits per heavy atom. The van der Waals surface area contributed by atoms with Gasteiger partial charge in [-0.3, -0.25) is 20.2 Å². The Kier molecular flexibility index (Phi) is 6.39. The molecular weight excluding hydrogens is 328 g/mol. The van der Waals surface area contributed by atoms with Crippen molar-refractivity contribution < 1.29 is 18.3 Å². The largest absolute Gasteiger partial charge is 0.374 e.